The van der Waals surface area contributed by atoms with Crippen molar-refractivity contribution < 1.29 is 0 Å². The van der Waals surface area contributed by atoms with E-state index >= 15 is 0 Å². The number of aromatic nitrogens is 3. The smallest absolute Gasteiger partial charge is 0.137 e. The third-order valence-corrected chi connectivity index (χ3v) is 3.44. The number of nitrogens with zero attached hydrogens (tertiary/aromatic N) is 2. The Morgan fingerprint density at radius 3 is 2.55 bits per heavy atom. The molecule has 0 unspecified atom stereocenters. The van der Waals surface area contributed by atoms with Crippen molar-refractivity contribution in [3.05, 3.63) is 60.6 Å². The molecule has 2 heterocycles. The van der Waals surface area contributed by atoms with Crippen LogP contribution in [0.25, 0.3) is 22.6 Å². The number of hydrogen-bond donors (Lipinski definition) is 1. The first-order chi connectivity index (χ1) is 10.5. The predicted octanol–water partition coefficient (Wildman–Crippen LogP) is 4.73. The van der Waals surface area contributed by atoms with Crippen molar-refractivity contribution in [1.29, 1.82) is 0 Å². The molecule has 0 spiro atoms. The van der Waals surface area contributed by atoms with E-state index in [-0.39, 0.29) is 5.41 Å². The minimum Gasteiger partial charge on any atom is -0.344 e. The summed E-state index contributed by atoms with van der Waals surface area (Å²) in [5.41, 5.74) is 4.51. The van der Waals surface area contributed by atoms with E-state index in [1.807, 2.05) is 36.7 Å². The molecule has 0 atom stereocenters. The summed E-state index contributed by atoms with van der Waals surface area (Å²) in [4.78, 5) is 12.4. The van der Waals surface area contributed by atoms with E-state index in [1.165, 1.54) is 0 Å². The van der Waals surface area contributed by atoms with Crippen LogP contribution in [-0.2, 0) is 6.42 Å². The van der Waals surface area contributed by atoms with Gasteiger partial charge < -0.3 is 4.98 Å². The summed E-state index contributed by atoms with van der Waals surface area (Å²) in [6, 6.07) is 14.3. The van der Waals surface area contributed by atoms with Crippen LogP contribution in [0.15, 0.2) is 54.9 Å². The molecule has 1 aromatic carbocycles. The second-order valence-corrected chi connectivity index (χ2v) is 6.77. The molecule has 112 valence electrons. The van der Waals surface area contributed by atoms with Crippen LogP contribution in [0.5, 0.6) is 0 Å². The van der Waals surface area contributed by atoms with Gasteiger partial charge in [0.05, 0.1) is 11.4 Å². The zero-order chi connectivity index (χ0) is 15.6. The molecule has 3 nitrogen and oxygen atoms in total. The topological polar surface area (TPSA) is 41.6 Å². The van der Waals surface area contributed by atoms with Gasteiger partial charge in [-0.05, 0) is 30.0 Å². The van der Waals surface area contributed by atoms with Gasteiger partial charge in [-0.3, -0.25) is 4.98 Å². The van der Waals surface area contributed by atoms with Crippen molar-refractivity contribution in [2.75, 3.05) is 0 Å². The quantitative estimate of drug-likeness (QED) is 0.758. The van der Waals surface area contributed by atoms with E-state index in [4.69, 9.17) is 4.98 Å². The second-order valence-electron chi connectivity index (χ2n) is 6.77. The third kappa shape index (κ3) is 3.42. The molecule has 0 fully saturated rings. The Morgan fingerprint density at radius 1 is 1.00 bits per heavy atom. The lowest BCUT2D eigenvalue weighted by molar-refractivity contribution is 0.407. The first kappa shape index (κ1) is 14.5. The highest BCUT2D eigenvalue weighted by Crippen LogP contribution is 2.25. The Labute approximate surface area is 131 Å². The number of H-pyrrole nitrogens is 1. The Hall–Kier alpha value is -2.42. The molecule has 0 aliphatic heterocycles. The molecular weight excluding hydrogens is 270 g/mol. The van der Waals surface area contributed by atoms with Crippen LogP contribution in [0.1, 0.15) is 26.5 Å². The van der Waals surface area contributed by atoms with E-state index in [0.717, 1.165) is 34.8 Å². The summed E-state index contributed by atoms with van der Waals surface area (Å²) in [7, 11) is 0. The largest absolute Gasteiger partial charge is 0.344 e. The summed E-state index contributed by atoms with van der Waals surface area (Å²) in [5, 5.41) is 0. The summed E-state index contributed by atoms with van der Waals surface area (Å²) in [6.45, 7) is 6.68. The Bertz CT molecular complexity index is 752. The summed E-state index contributed by atoms with van der Waals surface area (Å²) in [6.07, 6.45) is 4.79. The van der Waals surface area contributed by atoms with Crippen LogP contribution in [0.3, 0.4) is 0 Å². The lowest BCUT2D eigenvalue weighted by Crippen LogP contribution is -2.09. The molecule has 0 saturated heterocycles. The molecule has 1 N–H and O–H groups in total. The average molecular weight is 291 g/mol. The fourth-order valence-electron chi connectivity index (χ4n) is 2.50. The molecule has 0 bridgehead atoms. The normalized spacial score (nSPS) is 11.6. The number of pyridine rings is 1. The molecule has 0 radical (unpaired) electrons. The Morgan fingerprint density at radius 2 is 1.82 bits per heavy atom. The molecule has 22 heavy (non-hydrogen) atoms. The maximum atomic E-state index is 4.72. The van der Waals surface area contributed by atoms with Gasteiger partial charge in [0.1, 0.15) is 5.82 Å². The minimum absolute atomic E-state index is 0.238. The van der Waals surface area contributed by atoms with Gasteiger partial charge in [0.2, 0.25) is 0 Å². The Balaban J connectivity index is 1.90. The van der Waals surface area contributed by atoms with Crippen molar-refractivity contribution in [3.8, 4) is 22.6 Å². The molecule has 3 heteroatoms. The lowest BCUT2D eigenvalue weighted by Gasteiger charge is -2.15. The molecule has 0 amide bonds. The van der Waals surface area contributed by atoms with Crippen LogP contribution in [0.4, 0.5) is 0 Å². The van der Waals surface area contributed by atoms with Gasteiger partial charge in [-0.15, -0.1) is 0 Å². The maximum absolute atomic E-state index is 4.72. The van der Waals surface area contributed by atoms with E-state index < -0.39 is 0 Å². The van der Waals surface area contributed by atoms with E-state index in [0.29, 0.717) is 0 Å². The predicted molar refractivity (Wildman–Crippen MR) is 90.4 cm³/mol. The van der Waals surface area contributed by atoms with Crippen molar-refractivity contribution in [2.24, 2.45) is 5.41 Å². The van der Waals surface area contributed by atoms with Gasteiger partial charge in [-0.2, -0.15) is 0 Å². The zero-order valence-corrected chi connectivity index (χ0v) is 13.3. The first-order valence-electron chi connectivity index (χ1n) is 7.57. The number of benzene rings is 1. The molecule has 0 aliphatic rings. The van der Waals surface area contributed by atoms with Crippen molar-refractivity contribution in [2.45, 2.75) is 27.2 Å². The van der Waals surface area contributed by atoms with Gasteiger partial charge in [0, 0.05) is 23.5 Å². The van der Waals surface area contributed by atoms with Crippen molar-refractivity contribution in [1.82, 2.24) is 15.0 Å². The highest BCUT2D eigenvalue weighted by molar-refractivity contribution is 5.67. The lowest BCUT2D eigenvalue weighted by atomic mass is 9.91. The Kier molecular flexibility index (Phi) is 3.80. The van der Waals surface area contributed by atoms with Crippen molar-refractivity contribution >= 4 is 0 Å². The second kappa shape index (κ2) is 5.76. The number of aromatic amines is 1. The fourth-order valence-corrected chi connectivity index (χ4v) is 2.50. The van der Waals surface area contributed by atoms with Crippen LogP contribution < -0.4 is 0 Å². The van der Waals surface area contributed by atoms with Gasteiger partial charge in [-0.25, -0.2) is 4.98 Å². The van der Waals surface area contributed by atoms with Crippen LogP contribution >= 0.6 is 0 Å². The van der Waals surface area contributed by atoms with Crippen molar-refractivity contribution in [3.63, 3.8) is 0 Å². The number of rotatable bonds is 3. The maximum Gasteiger partial charge on any atom is 0.137 e. The number of nitrogens with one attached hydrogen (secondary N) is 1. The highest BCUT2D eigenvalue weighted by atomic mass is 14.9. The SMILES string of the molecule is CC(C)(C)Cc1c[nH]c(-c2cccc(-c3ccccn3)c2)n1. The van der Waals surface area contributed by atoms with Crippen LogP contribution in [0.2, 0.25) is 0 Å². The van der Waals surface area contributed by atoms with Crippen LogP contribution in [-0.4, -0.2) is 15.0 Å². The molecule has 0 saturated carbocycles. The summed E-state index contributed by atoms with van der Waals surface area (Å²) >= 11 is 0. The molecule has 2 aromatic heterocycles. The zero-order valence-electron chi connectivity index (χ0n) is 13.3. The number of imidazole rings is 1. The minimum atomic E-state index is 0.238. The van der Waals surface area contributed by atoms with Gasteiger partial charge in [0.25, 0.3) is 0 Å². The number of hydrogen-bond acceptors (Lipinski definition) is 2. The first-order valence-corrected chi connectivity index (χ1v) is 7.57. The van der Waals surface area contributed by atoms with E-state index in [1.54, 1.807) is 0 Å². The van der Waals surface area contributed by atoms with Gasteiger partial charge in [-0.1, -0.05) is 45.0 Å². The monoisotopic (exact) mass is 291 g/mol. The van der Waals surface area contributed by atoms with Gasteiger partial charge in [0.15, 0.2) is 0 Å². The summed E-state index contributed by atoms with van der Waals surface area (Å²) < 4.78 is 0. The highest BCUT2D eigenvalue weighted by Gasteiger charge is 2.14. The standard InChI is InChI=1S/C19H21N3/c1-19(2,3)12-16-13-21-18(22-16)15-8-6-7-14(11-15)17-9-4-5-10-20-17/h4-11,13H,12H2,1-3H3,(H,21,22). The van der Waals surface area contributed by atoms with E-state index in [9.17, 15) is 0 Å². The molecule has 3 rings (SSSR count). The molecule has 3 aromatic rings. The third-order valence-electron chi connectivity index (χ3n) is 3.44. The van der Waals surface area contributed by atoms with Gasteiger partial charge >= 0.3 is 0 Å². The summed E-state index contributed by atoms with van der Waals surface area (Å²) in [5.74, 6) is 0.914. The molecule has 0 aliphatic carbocycles. The average Bonchev–Trinajstić information content (AvgIpc) is 2.95. The van der Waals surface area contributed by atoms with Crippen LogP contribution in [0, 0.1) is 5.41 Å². The fraction of sp³-hybridized carbons (Fsp3) is 0.263. The van der Waals surface area contributed by atoms with E-state index in [2.05, 4.69) is 48.9 Å². The molecular formula is C19H21N3.